The van der Waals surface area contributed by atoms with Gasteiger partial charge in [0, 0.05) is 16.9 Å². The molecule has 0 aromatic carbocycles. The van der Waals surface area contributed by atoms with Gasteiger partial charge in [-0.25, -0.2) is 9.78 Å². The molecule has 5 heterocycles. The van der Waals surface area contributed by atoms with E-state index >= 15 is 0 Å². The van der Waals surface area contributed by atoms with Crippen LogP contribution in [0.3, 0.4) is 0 Å². The molecule has 16 nitrogen and oxygen atoms in total. The second-order valence-electron chi connectivity index (χ2n) is 10.3. The number of rotatable bonds is 10. The minimum atomic E-state index is -0.973. The number of fused-ring (bicyclic) bond motifs is 2. The zero-order valence-electron chi connectivity index (χ0n) is 23.9. The van der Waals surface area contributed by atoms with E-state index < -0.39 is 47.4 Å². The smallest absolute Gasteiger partial charge is 0.357 e. The number of nitrogens with zero attached hydrogens (tertiary/aromatic N) is 7. The van der Waals surface area contributed by atoms with E-state index in [1.54, 1.807) is 38.3 Å². The van der Waals surface area contributed by atoms with Crippen LogP contribution >= 0.6 is 34.9 Å². The molecule has 232 valence electrons. The van der Waals surface area contributed by atoms with Crippen LogP contribution in [0, 0.1) is 5.41 Å². The molecule has 0 bridgehead atoms. The molecule has 19 heteroatoms. The number of hydrogen-bond donors (Lipinski definition) is 2. The fourth-order valence-corrected chi connectivity index (χ4v) is 6.95. The first-order valence-electron chi connectivity index (χ1n) is 12.9. The minimum absolute atomic E-state index is 0.0204. The third-order valence-corrected chi connectivity index (χ3v) is 9.23. The molecule has 2 atom stereocenters. The van der Waals surface area contributed by atoms with E-state index in [4.69, 9.17) is 20.0 Å². The van der Waals surface area contributed by atoms with Crippen molar-refractivity contribution in [2.75, 3.05) is 31.1 Å². The van der Waals surface area contributed by atoms with Gasteiger partial charge in [-0.3, -0.25) is 19.3 Å². The van der Waals surface area contributed by atoms with E-state index in [2.05, 4.69) is 30.8 Å². The molecule has 3 aromatic rings. The van der Waals surface area contributed by atoms with Crippen molar-refractivity contribution in [3.63, 3.8) is 0 Å². The number of β-lactam (4-membered cyclic amide) rings is 1. The molecular formula is C25H27N9O7S3. The average molecular weight is 662 g/mol. The fraction of sp³-hybridized carbons (Fsp3) is 0.400. The zero-order chi connectivity index (χ0) is 31.6. The lowest BCUT2D eigenvalue weighted by Gasteiger charge is -2.49. The lowest BCUT2D eigenvalue weighted by atomic mass is 9.98. The number of oxime groups is 1. The molecule has 1 fully saturated rings. The number of aromatic nitrogens is 5. The Morgan fingerprint density at radius 1 is 1.25 bits per heavy atom. The van der Waals surface area contributed by atoms with Crippen molar-refractivity contribution >= 4 is 75.1 Å². The van der Waals surface area contributed by atoms with Gasteiger partial charge in [0.15, 0.2) is 16.5 Å². The van der Waals surface area contributed by atoms with Gasteiger partial charge in [0.25, 0.3) is 11.8 Å². The van der Waals surface area contributed by atoms with Crippen LogP contribution < -0.4 is 11.1 Å². The van der Waals surface area contributed by atoms with Gasteiger partial charge < -0.3 is 25.4 Å². The number of carbonyl (C=O) groups excluding carboxylic acids is 4. The summed E-state index contributed by atoms with van der Waals surface area (Å²) < 4.78 is 11.9. The molecular weight excluding hydrogens is 635 g/mol. The summed E-state index contributed by atoms with van der Waals surface area (Å²) in [5.74, 6) is -1.99. The van der Waals surface area contributed by atoms with Crippen molar-refractivity contribution in [2.24, 2.45) is 10.6 Å². The molecule has 5 rings (SSSR count). The number of anilines is 1. The van der Waals surface area contributed by atoms with Crippen molar-refractivity contribution in [3.8, 4) is 0 Å². The Hall–Kier alpha value is -4.23. The molecule has 3 N–H and O–H groups in total. The second-order valence-corrected chi connectivity index (χ2v) is 13.3. The van der Waals surface area contributed by atoms with E-state index in [1.807, 2.05) is 0 Å². The van der Waals surface area contributed by atoms with Crippen LogP contribution in [0.25, 0.3) is 5.65 Å². The fourth-order valence-electron chi connectivity index (χ4n) is 4.05. The highest BCUT2D eigenvalue weighted by Crippen LogP contribution is 2.42. The summed E-state index contributed by atoms with van der Waals surface area (Å²) in [4.78, 5) is 62.3. The third-order valence-electron chi connectivity index (χ3n) is 6.21. The predicted octanol–water partition coefficient (Wildman–Crippen LogP) is 1.05. The van der Waals surface area contributed by atoms with Gasteiger partial charge in [-0.2, -0.15) is 9.61 Å². The van der Waals surface area contributed by atoms with Crippen molar-refractivity contribution in [1.82, 2.24) is 35.0 Å². The van der Waals surface area contributed by atoms with E-state index in [-0.39, 0.29) is 22.2 Å². The Kier molecular flexibility index (Phi) is 9.07. The van der Waals surface area contributed by atoms with Crippen molar-refractivity contribution < 1.29 is 33.5 Å². The summed E-state index contributed by atoms with van der Waals surface area (Å²) in [7, 11) is 1.27. The minimum Gasteiger partial charge on any atom is -0.427 e. The number of nitrogen functional groups attached to an aromatic ring is 1. The first-order chi connectivity index (χ1) is 21.0. The lowest BCUT2D eigenvalue weighted by Crippen LogP contribution is -2.71. The Morgan fingerprint density at radius 3 is 2.75 bits per heavy atom. The Bertz CT molecular complexity index is 1680. The Labute approximate surface area is 262 Å². The molecule has 2 aliphatic rings. The number of thiazole rings is 1. The SMILES string of the molecule is CO/N=C(\C(=O)N[C@@H]1C(=O)N2C(C(=O)OCOC(=O)C(C)(C)C)=C(CSc3ccc4nncn4n3)CS[C@@H]12)c1csc(N)n1. The monoisotopic (exact) mass is 661 g/mol. The Morgan fingerprint density at radius 2 is 2.05 bits per heavy atom. The van der Waals surface area contributed by atoms with Crippen LogP contribution in [0.1, 0.15) is 26.5 Å². The van der Waals surface area contributed by atoms with Crippen LogP contribution in [0.15, 0.2) is 45.3 Å². The standard InChI is InChI=1S/C25H27N9O7S3/c1-25(2,3)23(38)41-11-40-22(37)18-12(7-42-15-6-5-14-30-27-10-33(14)31-15)8-43-21-17(20(36)34(18)21)29-19(35)16(32-39-4)13-9-44-24(26)28-13/h5-6,9-10,17,21H,7-8,11H2,1-4H3,(H2,26,28)(H,29,35)/b32-16-/t17-,21+/m1/s1. The molecule has 1 saturated heterocycles. The number of amides is 2. The zero-order valence-corrected chi connectivity index (χ0v) is 26.3. The summed E-state index contributed by atoms with van der Waals surface area (Å²) >= 11 is 3.83. The van der Waals surface area contributed by atoms with Gasteiger partial charge >= 0.3 is 11.9 Å². The first-order valence-corrected chi connectivity index (χ1v) is 15.8. The maximum absolute atomic E-state index is 13.4. The Balaban J connectivity index is 1.34. The summed E-state index contributed by atoms with van der Waals surface area (Å²) in [6, 6.07) is 2.56. The van der Waals surface area contributed by atoms with Crippen molar-refractivity contribution in [1.29, 1.82) is 0 Å². The molecule has 2 aliphatic heterocycles. The molecule has 2 amide bonds. The molecule has 0 saturated carbocycles. The number of esters is 2. The van der Waals surface area contributed by atoms with Gasteiger partial charge in [0.05, 0.1) is 5.41 Å². The van der Waals surface area contributed by atoms with Crippen LogP contribution in [-0.4, -0.2) is 96.0 Å². The number of nitrogens with two attached hydrogens (primary N) is 1. The maximum atomic E-state index is 13.4. The molecule has 0 radical (unpaired) electrons. The summed E-state index contributed by atoms with van der Waals surface area (Å²) in [6.45, 7) is 4.38. The average Bonchev–Trinajstić information content (AvgIpc) is 3.64. The number of thioether (sulfide) groups is 2. The number of nitrogens with one attached hydrogen (secondary N) is 1. The van der Waals surface area contributed by atoms with Gasteiger partial charge in [-0.05, 0) is 38.5 Å². The molecule has 0 aliphatic carbocycles. The van der Waals surface area contributed by atoms with E-state index in [0.29, 0.717) is 27.8 Å². The van der Waals surface area contributed by atoms with E-state index in [9.17, 15) is 19.2 Å². The number of ether oxygens (including phenoxy) is 2. The number of hydrogen-bond acceptors (Lipinski definition) is 16. The molecule has 0 unspecified atom stereocenters. The van der Waals surface area contributed by atoms with Crippen LogP contribution in [-0.2, 0) is 33.5 Å². The summed E-state index contributed by atoms with van der Waals surface area (Å²) in [5, 5.41) is 20.4. The van der Waals surface area contributed by atoms with Gasteiger partial charge in [-0.15, -0.1) is 45.1 Å². The quantitative estimate of drug-likeness (QED) is 0.0778. The van der Waals surface area contributed by atoms with Crippen molar-refractivity contribution in [2.45, 2.75) is 37.2 Å². The highest BCUT2D eigenvalue weighted by molar-refractivity contribution is 8.01. The highest BCUT2D eigenvalue weighted by atomic mass is 32.2. The van der Waals surface area contributed by atoms with Crippen LogP contribution in [0.5, 0.6) is 0 Å². The highest BCUT2D eigenvalue weighted by Gasteiger charge is 2.54. The van der Waals surface area contributed by atoms with Crippen LogP contribution in [0.4, 0.5) is 5.13 Å². The molecule has 0 spiro atoms. The second kappa shape index (κ2) is 12.8. The number of carbonyl (C=O) groups is 4. The van der Waals surface area contributed by atoms with Gasteiger partial charge in [-0.1, -0.05) is 5.16 Å². The van der Waals surface area contributed by atoms with Gasteiger partial charge in [0.1, 0.15) is 41.3 Å². The summed E-state index contributed by atoms with van der Waals surface area (Å²) in [5.41, 5.74) is 6.14. The maximum Gasteiger partial charge on any atom is 0.357 e. The lowest BCUT2D eigenvalue weighted by molar-refractivity contribution is -0.173. The predicted molar refractivity (Wildman–Crippen MR) is 160 cm³/mol. The third kappa shape index (κ3) is 6.48. The molecule has 44 heavy (non-hydrogen) atoms. The molecule has 3 aromatic heterocycles. The van der Waals surface area contributed by atoms with E-state index in [1.165, 1.54) is 46.4 Å². The topological polar surface area (TPSA) is 206 Å². The van der Waals surface area contributed by atoms with E-state index in [0.717, 1.165) is 11.3 Å². The largest absolute Gasteiger partial charge is 0.427 e. The van der Waals surface area contributed by atoms with Crippen molar-refractivity contribution in [3.05, 3.63) is 40.8 Å². The van der Waals surface area contributed by atoms with Gasteiger partial charge in [0.2, 0.25) is 6.79 Å². The summed E-state index contributed by atoms with van der Waals surface area (Å²) in [6.07, 6.45) is 1.47. The first kappa shape index (κ1) is 31.2. The normalized spacial score (nSPS) is 18.5. The van der Waals surface area contributed by atoms with Crippen LogP contribution in [0.2, 0.25) is 0 Å².